The number of benzene rings is 1. The topological polar surface area (TPSA) is 157 Å². The Morgan fingerprint density at radius 2 is 1.87 bits per heavy atom. The number of amides is 2. The van der Waals surface area contributed by atoms with Crippen LogP contribution in [0.5, 0.6) is 0 Å². The van der Waals surface area contributed by atoms with Gasteiger partial charge in [-0.1, -0.05) is 50.3 Å². The number of Topliss-reactive ketones (excluding diaryl/α,β-unsaturated/α-hetero) is 1. The molecule has 0 radical (unpaired) electrons. The lowest BCUT2D eigenvalue weighted by atomic mass is 10.0. The molecule has 0 bridgehead atoms. The molecule has 11 heteroatoms. The van der Waals surface area contributed by atoms with Crippen LogP contribution in [0.25, 0.3) is 10.9 Å². The number of allylic oxidation sites excluding steroid dienone is 1. The van der Waals surface area contributed by atoms with E-state index in [9.17, 15) is 23.5 Å². The van der Waals surface area contributed by atoms with E-state index < -0.39 is 45.3 Å². The van der Waals surface area contributed by atoms with Crippen LogP contribution in [0.1, 0.15) is 37.2 Å². The molecular formula is C28H31N5O5S. The summed E-state index contributed by atoms with van der Waals surface area (Å²) in [6, 6.07) is 14.1. The minimum absolute atomic E-state index is 0.0259. The maximum atomic E-state index is 14.0. The van der Waals surface area contributed by atoms with Crippen LogP contribution >= 0.6 is 10.6 Å². The number of carbonyl (C=O) groups excluding carboxylic acids is 3. The summed E-state index contributed by atoms with van der Waals surface area (Å²) in [4.78, 5) is 50.1. The Morgan fingerprint density at radius 1 is 1.13 bits per heavy atom. The van der Waals surface area contributed by atoms with Crippen molar-refractivity contribution in [3.8, 4) is 0 Å². The Kier molecular flexibility index (Phi) is 8.54. The van der Waals surface area contributed by atoms with Gasteiger partial charge in [-0.05, 0) is 49.1 Å². The molecule has 0 saturated carbocycles. The molecule has 0 saturated heterocycles. The monoisotopic (exact) mass is 549 g/mol. The van der Waals surface area contributed by atoms with Gasteiger partial charge in [-0.2, -0.15) is 0 Å². The molecule has 3 heterocycles. The zero-order chi connectivity index (χ0) is 28.2. The van der Waals surface area contributed by atoms with Gasteiger partial charge in [-0.3, -0.25) is 28.9 Å². The standard InChI is InChI=1S/C28H31N5O5S/c1-18(2)17-23(32-26(35)22-14-13-19-9-3-4-11-21(19)31-22)27(36)33-16-8-6-10-20(29)25(34)28(33)39(37,38)24-12-5-7-15-30-24/h3-7,9-15,18,23,28-29,37-38H,8,16-17H2,1-2H3,(H,32,35)/t23-,28?/m0/s1. The van der Waals surface area contributed by atoms with E-state index in [1.165, 1.54) is 18.3 Å². The van der Waals surface area contributed by atoms with Crippen LogP contribution in [0.2, 0.25) is 0 Å². The average molecular weight is 550 g/mol. The molecule has 3 aromatic rings. The van der Waals surface area contributed by atoms with Crippen molar-refractivity contribution in [3.63, 3.8) is 0 Å². The van der Waals surface area contributed by atoms with Crippen LogP contribution in [-0.4, -0.2) is 65.2 Å². The van der Waals surface area contributed by atoms with E-state index in [0.29, 0.717) is 5.52 Å². The van der Waals surface area contributed by atoms with Crippen LogP contribution < -0.4 is 5.32 Å². The van der Waals surface area contributed by atoms with Crippen molar-refractivity contribution in [2.45, 2.75) is 43.1 Å². The summed E-state index contributed by atoms with van der Waals surface area (Å²) in [5.74, 6) is -2.17. The molecule has 1 unspecified atom stereocenters. The molecule has 1 aliphatic heterocycles. The van der Waals surface area contributed by atoms with Gasteiger partial charge in [0.25, 0.3) is 5.91 Å². The first-order chi connectivity index (χ1) is 18.6. The van der Waals surface area contributed by atoms with E-state index in [2.05, 4.69) is 15.3 Å². The highest BCUT2D eigenvalue weighted by Gasteiger charge is 2.45. The summed E-state index contributed by atoms with van der Waals surface area (Å²) >= 11 is 0. The highest BCUT2D eigenvalue weighted by Crippen LogP contribution is 2.53. The maximum Gasteiger partial charge on any atom is 0.270 e. The lowest BCUT2D eigenvalue weighted by Gasteiger charge is -2.45. The quantitative estimate of drug-likeness (QED) is 0.342. The van der Waals surface area contributed by atoms with Gasteiger partial charge in [0.15, 0.2) is 5.37 Å². The maximum absolute atomic E-state index is 14.0. The largest absolute Gasteiger partial charge is 0.339 e. The number of nitrogens with zero attached hydrogens (tertiary/aromatic N) is 3. The van der Waals surface area contributed by atoms with E-state index >= 15 is 0 Å². The molecule has 2 atom stereocenters. The van der Waals surface area contributed by atoms with Crippen molar-refractivity contribution in [1.82, 2.24) is 20.2 Å². The Bertz CT molecular complexity index is 1430. The van der Waals surface area contributed by atoms with Crippen molar-refractivity contribution in [3.05, 3.63) is 78.6 Å². The number of pyridine rings is 2. The molecule has 2 amide bonds. The van der Waals surface area contributed by atoms with Crippen LogP contribution in [0.3, 0.4) is 0 Å². The lowest BCUT2D eigenvalue weighted by Crippen LogP contribution is -2.57. The van der Waals surface area contributed by atoms with E-state index in [1.54, 1.807) is 36.4 Å². The second-order valence-electron chi connectivity index (χ2n) is 9.66. The number of ketones is 1. The van der Waals surface area contributed by atoms with Crippen molar-refractivity contribution in [1.29, 1.82) is 5.41 Å². The lowest BCUT2D eigenvalue weighted by molar-refractivity contribution is -0.137. The highest BCUT2D eigenvalue weighted by molar-refractivity contribution is 8.25. The third kappa shape index (κ3) is 6.22. The third-order valence-corrected chi connectivity index (χ3v) is 8.22. The van der Waals surface area contributed by atoms with E-state index in [1.807, 2.05) is 32.0 Å². The number of nitrogens with one attached hydrogen (secondary N) is 2. The predicted molar refractivity (Wildman–Crippen MR) is 150 cm³/mol. The number of rotatable bonds is 7. The molecule has 0 aliphatic carbocycles. The highest BCUT2D eigenvalue weighted by atomic mass is 32.3. The average Bonchev–Trinajstić information content (AvgIpc) is 2.92. The normalized spacial score (nSPS) is 17.6. The SMILES string of the molecule is CC(C)C[C@H](NC(=O)c1ccc2ccccc2n1)C(=O)N1CCC=CC(=N)C(=O)C1S(O)(O)c1ccccn1. The molecule has 10 nitrogen and oxygen atoms in total. The van der Waals surface area contributed by atoms with Crippen molar-refractivity contribution < 1.29 is 23.5 Å². The molecule has 1 aromatic carbocycles. The summed E-state index contributed by atoms with van der Waals surface area (Å²) in [6.07, 6.45) is 4.73. The number of aromatic nitrogens is 2. The molecule has 204 valence electrons. The molecule has 4 N–H and O–H groups in total. The van der Waals surface area contributed by atoms with Crippen molar-refractivity contribution in [2.24, 2.45) is 5.92 Å². The second kappa shape index (κ2) is 11.9. The smallest absolute Gasteiger partial charge is 0.270 e. The molecule has 0 fully saturated rings. The number of hydrogen-bond donors (Lipinski definition) is 4. The fourth-order valence-electron chi connectivity index (χ4n) is 4.40. The van der Waals surface area contributed by atoms with Crippen molar-refractivity contribution >= 4 is 44.8 Å². The Morgan fingerprint density at radius 3 is 2.59 bits per heavy atom. The zero-order valence-corrected chi connectivity index (χ0v) is 22.5. The van der Waals surface area contributed by atoms with Crippen LogP contribution in [-0.2, 0) is 9.59 Å². The number of carbonyl (C=O) groups is 3. The Balaban J connectivity index is 1.70. The van der Waals surface area contributed by atoms with E-state index in [-0.39, 0.29) is 36.0 Å². The molecule has 1 aliphatic rings. The molecular weight excluding hydrogens is 518 g/mol. The van der Waals surface area contributed by atoms with Crippen LogP contribution in [0.4, 0.5) is 0 Å². The second-order valence-corrected chi connectivity index (χ2v) is 11.7. The number of para-hydroxylation sites is 1. The van der Waals surface area contributed by atoms with Gasteiger partial charge in [0.2, 0.25) is 11.7 Å². The van der Waals surface area contributed by atoms with Gasteiger partial charge in [0.1, 0.15) is 22.5 Å². The van der Waals surface area contributed by atoms with Gasteiger partial charge in [0.05, 0.1) is 5.52 Å². The van der Waals surface area contributed by atoms with Crippen molar-refractivity contribution in [2.75, 3.05) is 6.54 Å². The molecule has 0 spiro atoms. The first-order valence-electron chi connectivity index (χ1n) is 12.5. The van der Waals surface area contributed by atoms with E-state index in [4.69, 9.17) is 5.41 Å². The molecule has 2 aromatic heterocycles. The summed E-state index contributed by atoms with van der Waals surface area (Å²) in [7, 11) is -4.00. The van der Waals surface area contributed by atoms with Crippen LogP contribution in [0.15, 0.2) is 78.0 Å². The number of hydrogen-bond acceptors (Lipinski definition) is 8. The van der Waals surface area contributed by atoms with Gasteiger partial charge in [-0.25, -0.2) is 9.97 Å². The summed E-state index contributed by atoms with van der Waals surface area (Å²) in [5.41, 5.74) is 0.289. The number of fused-ring (bicyclic) bond motifs is 1. The minimum atomic E-state index is -4.00. The first kappa shape index (κ1) is 28.1. The summed E-state index contributed by atoms with van der Waals surface area (Å²) < 4.78 is 22.6. The first-order valence-corrected chi connectivity index (χ1v) is 14.1. The van der Waals surface area contributed by atoms with Crippen LogP contribution in [0, 0.1) is 11.3 Å². The minimum Gasteiger partial charge on any atom is -0.339 e. The fraction of sp³-hybridized carbons (Fsp3) is 0.286. The molecule has 39 heavy (non-hydrogen) atoms. The predicted octanol–water partition coefficient (Wildman–Crippen LogP) is 4.29. The van der Waals surface area contributed by atoms with Gasteiger partial charge in [0, 0.05) is 18.1 Å². The van der Waals surface area contributed by atoms with E-state index in [0.717, 1.165) is 10.3 Å². The fourth-order valence-corrected chi connectivity index (χ4v) is 6.11. The summed E-state index contributed by atoms with van der Waals surface area (Å²) in [6.45, 7) is 3.74. The Labute approximate surface area is 228 Å². The molecule has 4 rings (SSSR count). The Hall–Kier alpha value is -3.93. The van der Waals surface area contributed by atoms with Gasteiger partial charge < -0.3 is 10.2 Å². The summed E-state index contributed by atoms with van der Waals surface area (Å²) in [5, 5.41) is 9.84. The zero-order valence-electron chi connectivity index (χ0n) is 21.7. The van der Waals surface area contributed by atoms with Gasteiger partial charge >= 0.3 is 0 Å². The third-order valence-electron chi connectivity index (χ3n) is 6.28. The van der Waals surface area contributed by atoms with Gasteiger partial charge in [-0.15, -0.1) is 10.6 Å².